The molecule has 1 saturated heterocycles. The molecule has 1 aliphatic rings. The fraction of sp³-hybridized carbons (Fsp3) is 0.619. The van der Waals surface area contributed by atoms with E-state index in [2.05, 4.69) is 0 Å². The number of carboxylic acid groups (broad SMARTS) is 1. The van der Waals surface area contributed by atoms with E-state index < -0.39 is 41.1 Å². The summed E-state index contributed by atoms with van der Waals surface area (Å²) in [6.07, 6.45) is 0.944. The number of carbonyl (C=O) groups excluding carboxylic acids is 1. The van der Waals surface area contributed by atoms with Crippen LogP contribution in [-0.2, 0) is 20.9 Å². The molecule has 6 heteroatoms. The van der Waals surface area contributed by atoms with Crippen LogP contribution in [0.2, 0.25) is 0 Å². The Balaban J connectivity index is 2.36. The van der Waals surface area contributed by atoms with Crippen LogP contribution >= 0.6 is 0 Å². The van der Waals surface area contributed by atoms with Crippen molar-refractivity contribution in [3.05, 3.63) is 35.9 Å². The first-order valence-electron chi connectivity index (χ1n) is 9.38. The zero-order valence-electron chi connectivity index (χ0n) is 16.8. The summed E-state index contributed by atoms with van der Waals surface area (Å²) >= 11 is 0. The lowest BCUT2D eigenvalue weighted by Gasteiger charge is -2.39. The standard InChI is InChI=1S/C21H31NO5/c1-20(2,3)27-19(25)17(21(4,5)26)15-11-12-16(18(23)24)22(15)13-14-9-7-6-8-10-14/h6-10,15-17,26H,11-13H2,1-5H3,(H,23,24)/t15-,16+,17-/m1/s1. The third-order valence-electron chi connectivity index (χ3n) is 4.86. The van der Waals surface area contributed by atoms with Crippen LogP contribution < -0.4 is 0 Å². The van der Waals surface area contributed by atoms with Gasteiger partial charge in [-0.25, -0.2) is 0 Å². The van der Waals surface area contributed by atoms with Gasteiger partial charge in [-0.05, 0) is 53.0 Å². The topological polar surface area (TPSA) is 87.1 Å². The molecule has 6 nitrogen and oxygen atoms in total. The van der Waals surface area contributed by atoms with Crippen molar-refractivity contribution >= 4 is 11.9 Å². The van der Waals surface area contributed by atoms with Gasteiger partial charge in [-0.15, -0.1) is 0 Å². The van der Waals surface area contributed by atoms with E-state index in [0.717, 1.165) is 5.56 Å². The Kier molecular flexibility index (Phi) is 6.32. The van der Waals surface area contributed by atoms with Gasteiger partial charge in [0.05, 0.1) is 5.60 Å². The molecule has 2 N–H and O–H groups in total. The quantitative estimate of drug-likeness (QED) is 0.742. The number of hydrogen-bond acceptors (Lipinski definition) is 5. The molecule has 0 aromatic heterocycles. The van der Waals surface area contributed by atoms with E-state index in [9.17, 15) is 19.8 Å². The van der Waals surface area contributed by atoms with Crippen molar-refractivity contribution in [3.8, 4) is 0 Å². The van der Waals surface area contributed by atoms with Gasteiger partial charge in [-0.2, -0.15) is 0 Å². The van der Waals surface area contributed by atoms with Crippen molar-refractivity contribution in [2.24, 2.45) is 5.92 Å². The molecule has 1 aliphatic heterocycles. The zero-order valence-corrected chi connectivity index (χ0v) is 16.8. The van der Waals surface area contributed by atoms with Crippen LogP contribution in [-0.4, -0.2) is 50.3 Å². The Bertz CT molecular complexity index is 659. The maximum Gasteiger partial charge on any atom is 0.320 e. The number of rotatable bonds is 6. The summed E-state index contributed by atoms with van der Waals surface area (Å²) in [6.45, 7) is 8.90. The van der Waals surface area contributed by atoms with Crippen LogP contribution in [0.3, 0.4) is 0 Å². The van der Waals surface area contributed by atoms with Gasteiger partial charge < -0.3 is 14.9 Å². The van der Waals surface area contributed by atoms with Crippen LogP contribution in [0.25, 0.3) is 0 Å². The van der Waals surface area contributed by atoms with E-state index in [1.807, 2.05) is 35.2 Å². The average Bonchev–Trinajstić information content (AvgIpc) is 2.88. The molecule has 0 saturated carbocycles. The van der Waals surface area contributed by atoms with E-state index in [-0.39, 0.29) is 0 Å². The fourth-order valence-corrected chi connectivity index (χ4v) is 3.82. The van der Waals surface area contributed by atoms with Gasteiger partial charge in [-0.1, -0.05) is 30.3 Å². The van der Waals surface area contributed by atoms with E-state index in [4.69, 9.17) is 4.74 Å². The molecule has 0 aliphatic carbocycles. The summed E-state index contributed by atoms with van der Waals surface area (Å²) in [5.41, 5.74) is -1.06. The number of likely N-dealkylation sites (tertiary alicyclic amines) is 1. The van der Waals surface area contributed by atoms with Gasteiger partial charge in [0.2, 0.25) is 0 Å². The van der Waals surface area contributed by atoms with Gasteiger partial charge >= 0.3 is 11.9 Å². The lowest BCUT2D eigenvalue weighted by atomic mass is 9.83. The molecular weight excluding hydrogens is 346 g/mol. The number of carboxylic acids is 1. The Morgan fingerprint density at radius 3 is 2.22 bits per heavy atom. The first kappa shape index (κ1) is 21.4. The highest BCUT2D eigenvalue weighted by molar-refractivity contribution is 5.77. The Morgan fingerprint density at radius 1 is 1.15 bits per heavy atom. The second-order valence-electron chi connectivity index (χ2n) is 8.82. The van der Waals surface area contributed by atoms with Gasteiger partial charge in [0.15, 0.2) is 0 Å². The number of benzene rings is 1. The normalized spacial score (nSPS) is 22.4. The molecule has 1 aromatic carbocycles. The van der Waals surface area contributed by atoms with Crippen molar-refractivity contribution in [3.63, 3.8) is 0 Å². The maximum atomic E-state index is 12.9. The predicted octanol–water partition coefficient (Wildman–Crippen LogP) is 2.83. The van der Waals surface area contributed by atoms with Gasteiger partial charge in [0.25, 0.3) is 0 Å². The third-order valence-corrected chi connectivity index (χ3v) is 4.86. The molecule has 2 rings (SSSR count). The summed E-state index contributed by atoms with van der Waals surface area (Å²) in [6, 6.07) is 8.46. The number of aliphatic carboxylic acids is 1. The molecule has 27 heavy (non-hydrogen) atoms. The summed E-state index contributed by atoms with van der Waals surface area (Å²) in [5, 5.41) is 20.4. The highest BCUT2D eigenvalue weighted by Crippen LogP contribution is 2.37. The van der Waals surface area contributed by atoms with Crippen LogP contribution in [0, 0.1) is 5.92 Å². The number of nitrogens with zero attached hydrogens (tertiary/aromatic N) is 1. The molecule has 1 aromatic rings. The van der Waals surface area contributed by atoms with Gasteiger partial charge in [0, 0.05) is 12.6 Å². The molecule has 3 atom stereocenters. The summed E-state index contributed by atoms with van der Waals surface area (Å²) in [5.74, 6) is -2.25. The first-order valence-corrected chi connectivity index (χ1v) is 9.38. The number of hydrogen-bond donors (Lipinski definition) is 2. The van der Waals surface area contributed by atoms with E-state index in [1.54, 1.807) is 34.6 Å². The predicted molar refractivity (Wildman–Crippen MR) is 102 cm³/mol. The minimum Gasteiger partial charge on any atom is -0.480 e. The highest BCUT2D eigenvalue weighted by Gasteiger charge is 2.50. The second kappa shape index (κ2) is 7.98. The van der Waals surface area contributed by atoms with Crippen molar-refractivity contribution < 1.29 is 24.5 Å². The molecule has 0 bridgehead atoms. The monoisotopic (exact) mass is 377 g/mol. The Morgan fingerprint density at radius 2 is 1.74 bits per heavy atom. The van der Waals surface area contributed by atoms with Crippen LogP contribution in [0.5, 0.6) is 0 Å². The van der Waals surface area contributed by atoms with Gasteiger partial charge in [0.1, 0.15) is 17.6 Å². The maximum absolute atomic E-state index is 12.9. The summed E-state index contributed by atoms with van der Waals surface area (Å²) in [4.78, 5) is 26.5. The Hall–Kier alpha value is -1.92. The van der Waals surface area contributed by atoms with Crippen LogP contribution in [0.4, 0.5) is 0 Å². The fourth-order valence-electron chi connectivity index (χ4n) is 3.82. The minimum absolute atomic E-state index is 0.401. The largest absolute Gasteiger partial charge is 0.480 e. The SMILES string of the molecule is CC(C)(C)OC(=O)[C@@H]([C@H]1CC[C@@H](C(=O)O)N1Cc1ccccc1)C(C)(C)O. The molecule has 0 radical (unpaired) electrons. The zero-order chi connectivity index (χ0) is 20.4. The number of esters is 1. The number of ether oxygens (including phenoxy) is 1. The van der Waals surface area contributed by atoms with E-state index >= 15 is 0 Å². The molecule has 1 fully saturated rings. The van der Waals surface area contributed by atoms with Gasteiger partial charge in [-0.3, -0.25) is 14.5 Å². The van der Waals surface area contributed by atoms with Crippen LogP contribution in [0.15, 0.2) is 30.3 Å². The first-order chi connectivity index (χ1) is 12.4. The van der Waals surface area contributed by atoms with E-state index in [0.29, 0.717) is 19.4 Å². The smallest absolute Gasteiger partial charge is 0.320 e. The molecular formula is C21H31NO5. The van der Waals surface area contributed by atoms with Crippen molar-refractivity contribution in [1.82, 2.24) is 4.90 Å². The molecule has 0 amide bonds. The average molecular weight is 377 g/mol. The lowest BCUT2D eigenvalue weighted by Crippen LogP contribution is -2.53. The number of carbonyl (C=O) groups is 2. The lowest BCUT2D eigenvalue weighted by molar-refractivity contribution is -0.173. The van der Waals surface area contributed by atoms with Crippen molar-refractivity contribution in [2.45, 2.75) is 77.3 Å². The minimum atomic E-state index is -1.34. The number of aliphatic hydroxyl groups is 1. The van der Waals surface area contributed by atoms with Crippen molar-refractivity contribution in [2.75, 3.05) is 0 Å². The molecule has 0 unspecified atom stereocenters. The highest BCUT2D eigenvalue weighted by atomic mass is 16.6. The second-order valence-corrected chi connectivity index (χ2v) is 8.82. The molecule has 0 spiro atoms. The van der Waals surface area contributed by atoms with E-state index in [1.165, 1.54) is 0 Å². The molecule has 150 valence electrons. The summed E-state index contributed by atoms with van der Waals surface area (Å²) < 4.78 is 5.56. The third kappa shape index (κ3) is 5.53. The Labute approximate surface area is 161 Å². The van der Waals surface area contributed by atoms with Crippen LogP contribution in [0.1, 0.15) is 53.0 Å². The summed E-state index contributed by atoms with van der Waals surface area (Å²) in [7, 11) is 0. The molecule has 1 heterocycles. The van der Waals surface area contributed by atoms with Crippen molar-refractivity contribution in [1.29, 1.82) is 0 Å².